The molecule has 0 amide bonds. The molecule has 1 saturated carbocycles. The highest BCUT2D eigenvalue weighted by Gasteiger charge is 2.17. The van der Waals surface area contributed by atoms with Crippen molar-refractivity contribution < 1.29 is 9.53 Å². The molecule has 0 bridgehead atoms. The quantitative estimate of drug-likeness (QED) is 0.547. The monoisotopic (exact) mass is 332 g/mol. The van der Waals surface area contributed by atoms with E-state index in [-0.39, 0.29) is 28.8 Å². The van der Waals surface area contributed by atoms with Crippen molar-refractivity contribution in [3.05, 3.63) is 65.7 Å². The first kappa shape index (κ1) is 19.0. The van der Waals surface area contributed by atoms with Crippen LogP contribution in [0, 0.1) is 5.92 Å². The van der Waals surface area contributed by atoms with Gasteiger partial charge in [0.25, 0.3) is 0 Å². The number of carbonyl (C=O) groups is 1. The zero-order chi connectivity index (χ0) is 15.9. The highest BCUT2D eigenvalue weighted by molar-refractivity contribution is 5.96. The van der Waals surface area contributed by atoms with Gasteiger partial charge in [0.1, 0.15) is 12.4 Å². The van der Waals surface area contributed by atoms with Crippen molar-refractivity contribution >= 4 is 28.8 Å². The van der Waals surface area contributed by atoms with Crippen LogP contribution in [0.5, 0.6) is 5.75 Å². The van der Waals surface area contributed by atoms with Crippen LogP contribution in [0.15, 0.2) is 54.6 Å². The lowest BCUT2D eigenvalue weighted by Crippen LogP contribution is -2.12. The van der Waals surface area contributed by atoms with Gasteiger partial charge in [-0.25, -0.2) is 0 Å². The van der Waals surface area contributed by atoms with Crippen LogP contribution in [0.1, 0.15) is 54.4 Å². The molecule has 2 radical (unpaired) electrons. The topological polar surface area (TPSA) is 26.3 Å². The number of carbonyl (C=O) groups excluding carboxylic acids is 1. The molecule has 3 rings (SSSR count). The van der Waals surface area contributed by atoms with E-state index in [1.807, 2.05) is 54.6 Å². The zero-order valence-corrected chi connectivity index (χ0v) is 15.7. The smallest absolute Gasteiger partial charge is 0.163 e. The number of hydrogen-bond acceptors (Lipinski definition) is 2. The van der Waals surface area contributed by atoms with Crippen LogP contribution in [0.3, 0.4) is 0 Å². The molecular formula is C21H24MgO2. The Hall–Kier alpha value is -1.32. The Morgan fingerprint density at radius 3 is 2.25 bits per heavy atom. The van der Waals surface area contributed by atoms with Crippen molar-refractivity contribution in [1.82, 2.24) is 0 Å². The summed E-state index contributed by atoms with van der Waals surface area (Å²) in [6.45, 7) is 0.552. The maximum atomic E-state index is 12.4. The van der Waals surface area contributed by atoms with E-state index in [2.05, 4.69) is 0 Å². The molecule has 0 aromatic heterocycles. The summed E-state index contributed by atoms with van der Waals surface area (Å²) >= 11 is 0. The van der Waals surface area contributed by atoms with Gasteiger partial charge < -0.3 is 4.74 Å². The van der Waals surface area contributed by atoms with Crippen molar-refractivity contribution in [3.63, 3.8) is 0 Å². The molecule has 0 aliphatic heterocycles. The first-order valence-electron chi connectivity index (χ1n) is 8.61. The number of ether oxygens (including phenoxy) is 1. The molecule has 0 spiro atoms. The third kappa shape index (κ3) is 5.64. The fourth-order valence-corrected chi connectivity index (χ4v) is 3.25. The van der Waals surface area contributed by atoms with E-state index < -0.39 is 0 Å². The summed E-state index contributed by atoms with van der Waals surface area (Å²) < 4.78 is 5.77. The summed E-state index contributed by atoms with van der Waals surface area (Å²) in [5.41, 5.74) is 1.95. The molecule has 24 heavy (non-hydrogen) atoms. The van der Waals surface area contributed by atoms with Gasteiger partial charge in [-0.3, -0.25) is 4.79 Å². The van der Waals surface area contributed by atoms with Gasteiger partial charge in [-0.2, -0.15) is 0 Å². The number of Topliss-reactive ketones (excluding diaryl/α,β-unsaturated/α-hetero) is 1. The first-order valence-corrected chi connectivity index (χ1v) is 8.61. The molecule has 2 aromatic rings. The predicted molar refractivity (Wildman–Crippen MR) is 98.5 cm³/mol. The zero-order valence-electron chi connectivity index (χ0n) is 14.2. The Morgan fingerprint density at radius 1 is 0.917 bits per heavy atom. The first-order chi connectivity index (χ1) is 11.3. The Kier molecular flexibility index (Phi) is 7.80. The highest BCUT2D eigenvalue weighted by atomic mass is 24.3. The third-order valence-corrected chi connectivity index (χ3v) is 4.62. The largest absolute Gasteiger partial charge is 0.489 e. The van der Waals surface area contributed by atoms with E-state index in [0.29, 0.717) is 18.9 Å². The maximum absolute atomic E-state index is 12.4. The average Bonchev–Trinajstić information content (AvgIpc) is 2.62. The van der Waals surface area contributed by atoms with Crippen LogP contribution < -0.4 is 4.74 Å². The van der Waals surface area contributed by atoms with Crippen LogP contribution in [0.2, 0.25) is 0 Å². The lowest BCUT2D eigenvalue weighted by molar-refractivity contribution is 0.0950. The van der Waals surface area contributed by atoms with Gasteiger partial charge in [0.2, 0.25) is 0 Å². The molecule has 0 atom stereocenters. The normalized spacial score (nSPS) is 14.7. The van der Waals surface area contributed by atoms with Gasteiger partial charge in [0.05, 0.1) is 0 Å². The van der Waals surface area contributed by atoms with E-state index in [1.165, 1.54) is 32.1 Å². The van der Waals surface area contributed by atoms with Crippen molar-refractivity contribution in [3.8, 4) is 5.75 Å². The second kappa shape index (κ2) is 9.85. The van der Waals surface area contributed by atoms with E-state index in [4.69, 9.17) is 4.74 Å². The number of rotatable bonds is 6. The lowest BCUT2D eigenvalue weighted by Gasteiger charge is -2.20. The molecule has 2 nitrogen and oxygen atoms in total. The van der Waals surface area contributed by atoms with Crippen LogP contribution in [-0.2, 0) is 6.61 Å². The van der Waals surface area contributed by atoms with E-state index >= 15 is 0 Å². The van der Waals surface area contributed by atoms with Crippen molar-refractivity contribution in [2.75, 3.05) is 0 Å². The number of hydrogen-bond donors (Lipinski definition) is 0. The predicted octanol–water partition coefficient (Wildman–Crippen LogP) is 5.04. The maximum Gasteiger partial charge on any atom is 0.163 e. The van der Waals surface area contributed by atoms with E-state index in [0.717, 1.165) is 16.9 Å². The summed E-state index contributed by atoms with van der Waals surface area (Å²) in [5, 5.41) is 0. The molecule has 1 fully saturated rings. The second-order valence-electron chi connectivity index (χ2n) is 6.43. The Balaban J connectivity index is 0.00000208. The fourth-order valence-electron chi connectivity index (χ4n) is 3.25. The molecule has 1 aliphatic carbocycles. The van der Waals surface area contributed by atoms with Gasteiger partial charge >= 0.3 is 0 Å². The van der Waals surface area contributed by atoms with Crippen molar-refractivity contribution in [2.45, 2.75) is 45.1 Å². The Labute approximate surface area is 160 Å². The van der Waals surface area contributed by atoms with E-state index in [1.54, 1.807) is 0 Å². The SMILES string of the molecule is O=C(CC1CCCCC1)c1ccc(OCc2ccccc2)cc1.[Mg]. The molecule has 0 saturated heterocycles. The standard InChI is InChI=1S/C21H24O2.Mg/c22-21(15-17-7-3-1-4-8-17)19-11-13-20(14-12-19)23-16-18-9-5-2-6-10-18;/h2,5-6,9-14,17H,1,3-4,7-8,15-16H2;. The minimum atomic E-state index is 0. The van der Waals surface area contributed by atoms with E-state index in [9.17, 15) is 4.79 Å². The van der Waals surface area contributed by atoms with Crippen LogP contribution >= 0.6 is 0 Å². The number of benzene rings is 2. The minimum absolute atomic E-state index is 0. The molecule has 1 aliphatic rings. The van der Waals surface area contributed by atoms with Crippen molar-refractivity contribution in [1.29, 1.82) is 0 Å². The lowest BCUT2D eigenvalue weighted by atomic mass is 9.85. The summed E-state index contributed by atoms with van der Waals surface area (Å²) in [4.78, 5) is 12.4. The van der Waals surface area contributed by atoms with Crippen LogP contribution in [-0.4, -0.2) is 28.8 Å². The van der Waals surface area contributed by atoms with Gasteiger partial charge in [-0.15, -0.1) is 0 Å². The Bertz CT molecular complexity index is 616. The molecule has 0 heterocycles. The molecule has 0 unspecified atom stereocenters. The molecule has 3 heteroatoms. The van der Waals surface area contributed by atoms with Gasteiger partial charge in [0, 0.05) is 35.0 Å². The summed E-state index contributed by atoms with van der Waals surface area (Å²) in [7, 11) is 0. The molecule has 122 valence electrons. The minimum Gasteiger partial charge on any atom is -0.489 e. The third-order valence-electron chi connectivity index (χ3n) is 4.62. The average molecular weight is 333 g/mol. The summed E-state index contributed by atoms with van der Waals surface area (Å²) in [6.07, 6.45) is 7.02. The highest BCUT2D eigenvalue weighted by Crippen LogP contribution is 2.27. The summed E-state index contributed by atoms with van der Waals surface area (Å²) in [5.74, 6) is 1.67. The van der Waals surface area contributed by atoms with Gasteiger partial charge in [-0.1, -0.05) is 62.4 Å². The second-order valence-corrected chi connectivity index (χ2v) is 6.43. The summed E-state index contributed by atoms with van der Waals surface area (Å²) in [6, 6.07) is 17.7. The van der Waals surface area contributed by atoms with Crippen LogP contribution in [0.25, 0.3) is 0 Å². The van der Waals surface area contributed by atoms with Gasteiger partial charge in [0.15, 0.2) is 5.78 Å². The molecule has 0 N–H and O–H groups in total. The van der Waals surface area contributed by atoms with Crippen LogP contribution in [0.4, 0.5) is 0 Å². The molecular weight excluding hydrogens is 309 g/mol. The number of ketones is 1. The Morgan fingerprint density at radius 2 is 1.58 bits per heavy atom. The molecule has 2 aromatic carbocycles. The van der Waals surface area contributed by atoms with Gasteiger partial charge in [-0.05, 0) is 35.7 Å². The fraction of sp³-hybridized carbons (Fsp3) is 0.381. The van der Waals surface area contributed by atoms with Crippen molar-refractivity contribution in [2.24, 2.45) is 5.92 Å².